The summed E-state index contributed by atoms with van der Waals surface area (Å²) in [5.41, 5.74) is 5.26. The lowest BCUT2D eigenvalue weighted by atomic mass is 9.72. The fourth-order valence-electron chi connectivity index (χ4n) is 5.57. The second kappa shape index (κ2) is 11.3. The molecule has 0 spiro atoms. The normalized spacial score (nSPS) is 21.5. The van der Waals surface area contributed by atoms with Gasteiger partial charge in [-0.05, 0) is 87.0 Å². The first-order chi connectivity index (χ1) is 16.5. The molecular weight excluding hydrogens is 426 g/mol. The van der Waals surface area contributed by atoms with E-state index in [0.717, 1.165) is 60.5 Å². The molecule has 1 aliphatic heterocycles. The SMILES string of the molecule is Cc1cc(OCc2cccnc2)c(C)c2c1CC[C@H]([C@H](C)C(=O)NCCN1CCCCC1)[C@H]2O. The highest BCUT2D eigenvalue weighted by Crippen LogP contribution is 2.44. The number of aromatic nitrogens is 1. The molecule has 6 nitrogen and oxygen atoms in total. The number of rotatable bonds is 8. The van der Waals surface area contributed by atoms with E-state index in [2.05, 4.69) is 28.2 Å². The van der Waals surface area contributed by atoms with Crippen LogP contribution in [0.3, 0.4) is 0 Å². The first-order valence-corrected chi connectivity index (χ1v) is 12.8. The van der Waals surface area contributed by atoms with Crippen LogP contribution < -0.4 is 10.1 Å². The van der Waals surface area contributed by atoms with Crippen LogP contribution in [0, 0.1) is 25.7 Å². The fraction of sp³-hybridized carbons (Fsp3) is 0.571. The van der Waals surface area contributed by atoms with Gasteiger partial charge in [0.25, 0.3) is 0 Å². The number of carbonyl (C=O) groups is 1. The Labute approximate surface area is 203 Å². The van der Waals surface area contributed by atoms with Crippen molar-refractivity contribution in [2.45, 2.75) is 65.6 Å². The van der Waals surface area contributed by atoms with Crippen molar-refractivity contribution in [1.29, 1.82) is 0 Å². The number of aliphatic hydroxyl groups is 1. The molecule has 2 heterocycles. The van der Waals surface area contributed by atoms with Gasteiger partial charge in [0.05, 0.1) is 6.10 Å². The average molecular weight is 466 g/mol. The maximum atomic E-state index is 12.9. The van der Waals surface area contributed by atoms with Gasteiger partial charge in [-0.2, -0.15) is 0 Å². The van der Waals surface area contributed by atoms with E-state index in [1.54, 1.807) is 12.4 Å². The first kappa shape index (κ1) is 24.7. The number of pyridine rings is 1. The van der Waals surface area contributed by atoms with Crippen molar-refractivity contribution in [1.82, 2.24) is 15.2 Å². The van der Waals surface area contributed by atoms with Crippen LogP contribution in [0.4, 0.5) is 0 Å². The summed E-state index contributed by atoms with van der Waals surface area (Å²) in [5.74, 6) is 0.486. The average Bonchev–Trinajstić information content (AvgIpc) is 2.86. The summed E-state index contributed by atoms with van der Waals surface area (Å²) >= 11 is 0. The van der Waals surface area contributed by atoms with Gasteiger partial charge in [-0.3, -0.25) is 9.78 Å². The third kappa shape index (κ3) is 5.61. The van der Waals surface area contributed by atoms with Crippen molar-refractivity contribution < 1.29 is 14.6 Å². The number of nitrogens with zero attached hydrogens (tertiary/aromatic N) is 2. The number of nitrogens with one attached hydrogen (secondary N) is 1. The Balaban J connectivity index is 1.42. The number of piperidine rings is 1. The predicted octanol–water partition coefficient (Wildman–Crippen LogP) is 4.11. The smallest absolute Gasteiger partial charge is 0.223 e. The minimum absolute atomic E-state index is 0.0443. The van der Waals surface area contributed by atoms with Crippen molar-refractivity contribution in [3.63, 3.8) is 0 Å². The Bertz CT molecular complexity index is 973. The molecule has 4 rings (SSSR count). The molecule has 6 heteroatoms. The standard InChI is InChI=1S/C28H39N3O3/c1-19-16-25(34-18-22-8-7-11-29-17-22)21(3)26-23(19)9-10-24(27(26)32)20(2)28(33)30-12-15-31-13-5-4-6-14-31/h7-8,11,16-17,20,24,27,32H,4-6,9-10,12-15,18H2,1-3H3,(H,30,33)/t20-,24+,27+/m0/s1. The summed E-state index contributed by atoms with van der Waals surface area (Å²) in [4.78, 5) is 19.5. The molecule has 1 aliphatic carbocycles. The van der Waals surface area contributed by atoms with Crippen LogP contribution in [-0.4, -0.2) is 47.1 Å². The molecule has 0 saturated carbocycles. The van der Waals surface area contributed by atoms with Gasteiger partial charge < -0.3 is 20.1 Å². The summed E-state index contributed by atoms with van der Waals surface area (Å²) < 4.78 is 6.14. The largest absolute Gasteiger partial charge is 0.489 e. The van der Waals surface area contributed by atoms with Crippen LogP contribution >= 0.6 is 0 Å². The molecule has 2 aliphatic rings. The monoisotopic (exact) mass is 465 g/mol. The molecule has 0 bridgehead atoms. The van der Waals surface area contributed by atoms with Crippen LogP contribution in [0.5, 0.6) is 5.75 Å². The number of benzene rings is 1. The van der Waals surface area contributed by atoms with E-state index in [4.69, 9.17) is 4.74 Å². The Kier molecular flexibility index (Phi) is 8.22. The first-order valence-electron chi connectivity index (χ1n) is 12.8. The maximum absolute atomic E-state index is 12.9. The number of likely N-dealkylation sites (tertiary alicyclic amines) is 1. The van der Waals surface area contributed by atoms with E-state index in [9.17, 15) is 9.90 Å². The number of fused-ring (bicyclic) bond motifs is 1. The molecule has 2 N–H and O–H groups in total. The summed E-state index contributed by atoms with van der Waals surface area (Å²) in [6.45, 7) is 10.3. The topological polar surface area (TPSA) is 74.7 Å². The van der Waals surface area contributed by atoms with Crippen LogP contribution in [0.25, 0.3) is 0 Å². The van der Waals surface area contributed by atoms with Crippen molar-refractivity contribution in [2.24, 2.45) is 11.8 Å². The van der Waals surface area contributed by atoms with Gasteiger partial charge in [-0.15, -0.1) is 0 Å². The quantitative estimate of drug-likeness (QED) is 0.614. The molecule has 1 fully saturated rings. The van der Waals surface area contributed by atoms with Gasteiger partial charge in [0.2, 0.25) is 5.91 Å². The van der Waals surface area contributed by atoms with Crippen molar-refractivity contribution in [3.05, 3.63) is 58.4 Å². The second-order valence-corrected chi connectivity index (χ2v) is 9.99. The number of aliphatic hydroxyl groups excluding tert-OH is 1. The Morgan fingerprint density at radius 1 is 1.29 bits per heavy atom. The highest BCUT2D eigenvalue weighted by atomic mass is 16.5. The lowest BCUT2D eigenvalue weighted by Gasteiger charge is -2.36. The van der Waals surface area contributed by atoms with E-state index >= 15 is 0 Å². The number of hydrogen-bond acceptors (Lipinski definition) is 5. The van der Waals surface area contributed by atoms with Crippen LogP contribution in [0.15, 0.2) is 30.6 Å². The molecule has 1 aromatic heterocycles. The minimum Gasteiger partial charge on any atom is -0.489 e. The van der Waals surface area contributed by atoms with Gasteiger partial charge in [-0.1, -0.05) is 19.4 Å². The molecule has 0 radical (unpaired) electrons. The lowest BCUT2D eigenvalue weighted by molar-refractivity contribution is -0.128. The van der Waals surface area contributed by atoms with E-state index in [1.807, 2.05) is 26.0 Å². The molecule has 1 amide bonds. The Morgan fingerprint density at radius 3 is 2.82 bits per heavy atom. The van der Waals surface area contributed by atoms with Gasteiger partial charge in [-0.25, -0.2) is 0 Å². The predicted molar refractivity (Wildman–Crippen MR) is 134 cm³/mol. The maximum Gasteiger partial charge on any atom is 0.223 e. The molecule has 0 unspecified atom stereocenters. The zero-order valence-corrected chi connectivity index (χ0v) is 20.8. The third-order valence-corrected chi connectivity index (χ3v) is 7.70. The summed E-state index contributed by atoms with van der Waals surface area (Å²) in [7, 11) is 0. The van der Waals surface area contributed by atoms with Gasteiger partial charge >= 0.3 is 0 Å². The highest BCUT2D eigenvalue weighted by molar-refractivity contribution is 5.78. The lowest BCUT2D eigenvalue weighted by Crippen LogP contribution is -2.42. The summed E-state index contributed by atoms with van der Waals surface area (Å²) in [6, 6.07) is 5.97. The Morgan fingerprint density at radius 2 is 2.09 bits per heavy atom. The molecule has 3 atom stereocenters. The third-order valence-electron chi connectivity index (χ3n) is 7.70. The second-order valence-electron chi connectivity index (χ2n) is 9.99. The fourth-order valence-corrected chi connectivity index (χ4v) is 5.57. The number of amides is 1. The van der Waals surface area contributed by atoms with Crippen LogP contribution in [0.2, 0.25) is 0 Å². The van der Waals surface area contributed by atoms with Gasteiger partial charge in [0.15, 0.2) is 0 Å². The zero-order valence-electron chi connectivity index (χ0n) is 20.8. The van der Waals surface area contributed by atoms with Crippen molar-refractivity contribution in [2.75, 3.05) is 26.2 Å². The van der Waals surface area contributed by atoms with Gasteiger partial charge in [0.1, 0.15) is 12.4 Å². The molecular formula is C28H39N3O3. The zero-order chi connectivity index (χ0) is 24.1. The molecule has 1 saturated heterocycles. The van der Waals surface area contributed by atoms with E-state index in [0.29, 0.717) is 13.2 Å². The molecule has 2 aromatic rings. The van der Waals surface area contributed by atoms with Crippen molar-refractivity contribution in [3.8, 4) is 5.75 Å². The summed E-state index contributed by atoms with van der Waals surface area (Å²) in [6.07, 6.45) is 8.39. The van der Waals surface area contributed by atoms with Gasteiger partial charge in [0, 0.05) is 42.9 Å². The minimum atomic E-state index is -0.674. The Hall–Kier alpha value is -2.44. The summed E-state index contributed by atoms with van der Waals surface area (Å²) in [5, 5.41) is 14.6. The van der Waals surface area contributed by atoms with E-state index in [-0.39, 0.29) is 17.7 Å². The van der Waals surface area contributed by atoms with Crippen molar-refractivity contribution >= 4 is 5.91 Å². The number of carbonyl (C=O) groups excluding carboxylic acids is 1. The number of ether oxygens (including phenoxy) is 1. The van der Waals surface area contributed by atoms with E-state index in [1.165, 1.54) is 24.8 Å². The molecule has 1 aromatic carbocycles. The van der Waals surface area contributed by atoms with Crippen LogP contribution in [0.1, 0.15) is 66.5 Å². The number of hydrogen-bond donors (Lipinski definition) is 2. The molecule has 184 valence electrons. The number of aryl methyl sites for hydroxylation is 1. The van der Waals surface area contributed by atoms with E-state index < -0.39 is 6.10 Å². The molecule has 34 heavy (non-hydrogen) atoms. The highest BCUT2D eigenvalue weighted by Gasteiger charge is 2.37. The van der Waals surface area contributed by atoms with Crippen LogP contribution in [-0.2, 0) is 17.8 Å².